The summed E-state index contributed by atoms with van der Waals surface area (Å²) in [5.41, 5.74) is 18.2. The Labute approximate surface area is 718 Å². The lowest BCUT2D eigenvalue weighted by Crippen LogP contribution is -2.62. The number of nitrogens with one attached hydrogen (secondary N) is 15. The molecule has 15 amide bonds. The van der Waals surface area contributed by atoms with Crippen LogP contribution in [0.3, 0.4) is 0 Å². The topological polar surface area (TPSA) is 731 Å². The van der Waals surface area contributed by atoms with Crippen molar-refractivity contribution in [2.24, 2.45) is 11.7 Å². The quantitative estimate of drug-likeness (QED) is 0.00888. The smallest absolute Gasteiger partial charge is 0.329 e. The number of cyclic esters (lactones) is 1. The van der Waals surface area contributed by atoms with Crippen molar-refractivity contribution in [1.82, 2.24) is 79.4 Å². The van der Waals surface area contributed by atoms with E-state index in [1.54, 1.807) is 30.5 Å². The second-order valence-corrected chi connectivity index (χ2v) is 29.9. The number of para-hydroxylation sites is 2. The summed E-state index contributed by atoms with van der Waals surface area (Å²) in [4.78, 5) is 292. The van der Waals surface area contributed by atoms with Crippen LogP contribution in [0, 0.1) is 5.92 Å². The van der Waals surface area contributed by atoms with Crippen molar-refractivity contribution in [2.45, 2.75) is 209 Å². The highest BCUT2D eigenvalue weighted by Gasteiger charge is 2.41. The fourth-order valence-electron chi connectivity index (χ4n) is 12.7. The predicted octanol–water partition coefficient (Wildman–Crippen LogP) is -3.91. The van der Waals surface area contributed by atoms with E-state index in [-0.39, 0.29) is 53.3 Å². The number of aliphatic hydroxyl groups is 1. The maximum Gasteiger partial charge on any atom is 0.329 e. The number of benzene rings is 3. The van der Waals surface area contributed by atoms with Gasteiger partial charge in [-0.05, 0) is 81.0 Å². The number of fused-ring (bicyclic) bond motifs is 1. The van der Waals surface area contributed by atoms with E-state index in [0.717, 1.165) is 52.9 Å². The number of unbranched alkanes of at least 4 members (excludes halogenated alkanes) is 6. The van der Waals surface area contributed by atoms with Gasteiger partial charge in [0.05, 0.1) is 57.4 Å². The molecule has 1 aromatic heterocycles. The molecule has 0 spiro atoms. The van der Waals surface area contributed by atoms with Crippen molar-refractivity contribution in [3.63, 3.8) is 0 Å². The van der Waals surface area contributed by atoms with Gasteiger partial charge in [-0.2, -0.15) is 0 Å². The Balaban J connectivity index is 1.64. The third-order valence-corrected chi connectivity index (χ3v) is 19.6. The lowest BCUT2D eigenvalue weighted by Gasteiger charge is -2.30. The van der Waals surface area contributed by atoms with Crippen LogP contribution in [0.15, 0.2) is 72.9 Å². The Morgan fingerprint density at radius 2 is 1.10 bits per heavy atom. The maximum atomic E-state index is 15.0. The van der Waals surface area contributed by atoms with Crippen LogP contribution in [0.25, 0.3) is 10.9 Å². The number of carboxylic acids is 4. The minimum absolute atomic E-state index is 0.0240. The molecule has 2 heterocycles. The molecule has 0 bridgehead atoms. The number of primary amides is 1. The first-order valence-electron chi connectivity index (χ1n) is 39.7. The molecule has 46 heteroatoms. The number of carbonyl (C=O) groups excluding carboxylic acids is 17. The van der Waals surface area contributed by atoms with Crippen LogP contribution in [0.1, 0.15) is 157 Å². The summed E-state index contributed by atoms with van der Waals surface area (Å²) < 4.78 is 5.72. The van der Waals surface area contributed by atoms with Crippen molar-refractivity contribution < 1.29 is 131 Å². The number of ether oxygens (including phenoxy) is 1. The summed E-state index contributed by atoms with van der Waals surface area (Å²) in [6.45, 7) is 0.752. The molecule has 3 aromatic carbocycles. The normalized spacial score (nSPS) is 20.4. The molecule has 1 saturated heterocycles. The number of halogens is 1. The van der Waals surface area contributed by atoms with Crippen LogP contribution in [-0.4, -0.2) is 254 Å². The minimum Gasteiger partial charge on any atom is -0.481 e. The van der Waals surface area contributed by atoms with Crippen molar-refractivity contribution >= 4 is 158 Å². The zero-order chi connectivity index (χ0) is 92.9. The highest BCUT2D eigenvalue weighted by Crippen LogP contribution is 2.23. The van der Waals surface area contributed by atoms with Gasteiger partial charge in [-0.15, -0.1) is 0 Å². The molecule has 26 N–H and O–H groups in total. The first-order valence-corrected chi connectivity index (χ1v) is 40.1. The Hall–Kier alpha value is -13.9. The highest BCUT2D eigenvalue weighted by atomic mass is 35.5. The molecule has 13 atom stereocenters. The number of nitrogens with two attached hydrogens (primary N) is 3. The number of esters is 1. The molecule has 13 unspecified atom stereocenters. The number of carbonyl (C=O) groups is 21. The summed E-state index contributed by atoms with van der Waals surface area (Å²) >= 11 is 6.09. The number of aliphatic carboxylic acids is 4. The van der Waals surface area contributed by atoms with Crippen LogP contribution in [-0.2, 0) is 102 Å². The van der Waals surface area contributed by atoms with Crippen LogP contribution in [0.2, 0.25) is 5.02 Å². The highest BCUT2D eigenvalue weighted by molar-refractivity contribution is 6.31. The van der Waals surface area contributed by atoms with Crippen LogP contribution < -0.4 is 91.6 Å². The van der Waals surface area contributed by atoms with Gasteiger partial charge in [-0.25, -0.2) is 4.79 Å². The molecule has 680 valence electrons. The van der Waals surface area contributed by atoms with E-state index in [9.17, 15) is 126 Å². The first-order chi connectivity index (χ1) is 59.1. The predicted molar refractivity (Wildman–Crippen MR) is 439 cm³/mol. The van der Waals surface area contributed by atoms with Crippen LogP contribution >= 0.6 is 11.6 Å². The van der Waals surface area contributed by atoms with Gasteiger partial charge in [-0.3, -0.25) is 95.9 Å². The zero-order valence-corrected chi connectivity index (χ0v) is 69.4. The second kappa shape index (κ2) is 50.5. The fraction of sp³-hybridized carbons (Fsp3) is 0.481. The lowest BCUT2D eigenvalue weighted by atomic mass is 9.96. The molecule has 0 radical (unpaired) electrons. The van der Waals surface area contributed by atoms with Gasteiger partial charge in [0.15, 0.2) is 5.78 Å². The second-order valence-electron chi connectivity index (χ2n) is 29.4. The number of Topliss-reactive ketones (excluding diaryl/α,β-unsaturated/α-hetero) is 1. The average molecular weight is 1770 g/mol. The number of H-pyrrole nitrogens is 1. The maximum absolute atomic E-state index is 15.0. The number of carboxylic acid groups (broad SMARTS) is 4. The number of ketones is 1. The van der Waals surface area contributed by atoms with E-state index in [2.05, 4.69) is 70.4 Å². The Morgan fingerprint density at radius 3 is 1.72 bits per heavy atom. The Kier molecular flexibility index (Phi) is 41.1. The number of amides is 15. The molecule has 1 aliphatic heterocycles. The summed E-state index contributed by atoms with van der Waals surface area (Å²) in [5.74, 6) is -31.2. The monoisotopic (exact) mass is 1770 g/mol. The Morgan fingerprint density at radius 1 is 0.544 bits per heavy atom. The van der Waals surface area contributed by atoms with E-state index >= 15 is 0 Å². The number of aromatic nitrogens is 1. The molecule has 0 aliphatic carbocycles. The fourth-order valence-corrected chi connectivity index (χ4v) is 12.9. The van der Waals surface area contributed by atoms with Gasteiger partial charge in [0.25, 0.3) is 5.91 Å². The molecule has 1 fully saturated rings. The van der Waals surface area contributed by atoms with Gasteiger partial charge in [0.1, 0.15) is 72.6 Å². The lowest BCUT2D eigenvalue weighted by molar-refractivity contribution is -0.156. The SMILES string of the molecule is CCCCCCCCCC(=O)NC(Cc1c[nH]c2ccccc12)C(=O)NC(CC(N)=O)C(=O)NC(CC(=O)O)C(=O)NC1C(=O)NCC(=O)NC(CCCNC(=O)c2cc(Cl)ccc2N)C(=O)NC(CC(=O)O)C(=O)NC(C)C(=O)NC(CC(=O)O)C(=O)NCC(=O)NC(CO)C(=O)NC(C(C)CC(=O)O)C(=O)NC(CC(=O)c2ccccc2N)C(=O)OC1C. The summed E-state index contributed by atoms with van der Waals surface area (Å²) in [6, 6.07) is -7.29. The number of hydrogen-bond acceptors (Lipinski definition) is 25. The molecule has 45 nitrogen and oxygen atoms in total. The summed E-state index contributed by atoms with van der Waals surface area (Å²) in [5, 5.41) is 81.7. The first kappa shape index (κ1) is 102. The third kappa shape index (κ3) is 34.2. The number of anilines is 2. The Bertz CT molecular complexity index is 4640. The van der Waals surface area contributed by atoms with Crippen LogP contribution in [0.4, 0.5) is 11.4 Å². The molecule has 1 aliphatic rings. The van der Waals surface area contributed by atoms with E-state index < -0.39 is 267 Å². The van der Waals surface area contributed by atoms with E-state index in [1.807, 2.05) is 16.0 Å². The standard InChI is InChI=1S/C79H105ClN18O27/c1-5-6-7-8-9-10-11-22-59(102)90-50(27-41-34-85-48-20-15-13-17-43(41)48)73(118)93-51(30-58(83)101)74(119)95-54(33-65(111)112)75(120)98-67-40(4)125-79(124)55(29-57(100)44-18-12-14-19-46(44)81)96-78(123)66(38(2)26-62(105)106)97-76(121)56(37-99)91-61(104)35-86-70(115)52(31-63(107)108)92-68(113)39(3)88-72(117)53(32-64(109)110)94-71(116)49(89-60(103)36-87-77(67)122)21-16-25-84-69(114)45-28-42(80)23-24-47(45)82/h12-15,17-20,23-24,28,34,38-40,49-56,66-67,85,99H,5-11,16,21-22,25-27,29-33,35-37,81-82H2,1-4H3,(H2,83,101)(H,84,114)(H,86,115)(H,87,122)(H,88,117)(H,89,103)(H,90,102)(H,91,104)(H,92,113)(H,93,118)(H,94,116)(H,95,119)(H,96,123)(H,97,121)(H,98,120)(H,105,106)(H,107,108)(H,109,110)(H,111,112). The van der Waals surface area contributed by atoms with Crippen molar-refractivity contribution in [3.8, 4) is 0 Å². The van der Waals surface area contributed by atoms with Crippen molar-refractivity contribution in [1.29, 1.82) is 0 Å². The van der Waals surface area contributed by atoms with Gasteiger partial charge in [0.2, 0.25) is 82.7 Å². The van der Waals surface area contributed by atoms with E-state index in [4.69, 9.17) is 33.5 Å². The molecule has 125 heavy (non-hydrogen) atoms. The van der Waals surface area contributed by atoms with Gasteiger partial charge < -0.3 is 127 Å². The number of nitrogen functional groups attached to an aromatic ring is 2. The largest absolute Gasteiger partial charge is 0.481 e. The van der Waals surface area contributed by atoms with Crippen molar-refractivity contribution in [3.05, 3.63) is 94.6 Å². The average Bonchev–Trinajstić information content (AvgIpc) is 1.76. The third-order valence-electron chi connectivity index (χ3n) is 19.4. The van der Waals surface area contributed by atoms with Crippen molar-refractivity contribution in [2.75, 3.05) is 37.7 Å². The number of hydrogen-bond donors (Lipinski definition) is 23. The van der Waals surface area contributed by atoms with Crippen LogP contribution in [0.5, 0.6) is 0 Å². The minimum atomic E-state index is -2.51. The zero-order valence-electron chi connectivity index (χ0n) is 68.6. The van der Waals surface area contributed by atoms with Gasteiger partial charge in [-0.1, -0.05) is 94.3 Å². The molecular formula is C79H105ClN18O27. The van der Waals surface area contributed by atoms with E-state index in [0.29, 0.717) is 29.3 Å². The summed E-state index contributed by atoms with van der Waals surface area (Å²) in [7, 11) is 0. The summed E-state index contributed by atoms with van der Waals surface area (Å²) in [6.07, 6.45) is -3.09. The molecule has 4 aromatic rings. The molecular weight excluding hydrogens is 1670 g/mol. The molecule has 5 rings (SSSR count). The van der Waals surface area contributed by atoms with E-state index in [1.165, 1.54) is 42.5 Å². The van der Waals surface area contributed by atoms with Gasteiger partial charge >= 0.3 is 29.8 Å². The molecule has 0 saturated carbocycles. The number of aliphatic hydroxyl groups excluding tert-OH is 1. The van der Waals surface area contributed by atoms with Gasteiger partial charge in [0, 0.05) is 64.9 Å². The number of aromatic amines is 1. The number of rotatable bonds is 37.